The van der Waals surface area contributed by atoms with E-state index >= 15 is 4.39 Å². The van der Waals surface area contributed by atoms with Crippen LogP contribution in [0.1, 0.15) is 133 Å². The molecule has 0 spiro atoms. The number of oxime groups is 1. The van der Waals surface area contributed by atoms with Gasteiger partial charge in [0.1, 0.15) is 23.0 Å². The van der Waals surface area contributed by atoms with E-state index in [1.807, 2.05) is 46.7 Å². The number of thiazole rings is 1. The molecule has 2 aliphatic heterocycles. The second-order valence-electron chi connectivity index (χ2n) is 21.2. The number of carbonyl (C=O) groups excluding carboxylic acids is 5. The molecule has 0 bridgehead atoms. The summed E-state index contributed by atoms with van der Waals surface area (Å²) in [6, 6.07) is 2.19. The van der Waals surface area contributed by atoms with E-state index in [-0.39, 0.29) is 75.5 Å². The zero-order valence-corrected chi connectivity index (χ0v) is 46.2. The number of aliphatic hydroxyl groups is 2. The van der Waals surface area contributed by atoms with Crippen LogP contribution in [0.4, 0.5) is 10.2 Å². The van der Waals surface area contributed by atoms with Crippen molar-refractivity contribution in [1.29, 1.82) is 0 Å². The molecule has 2 saturated heterocycles. The molecule has 0 saturated carbocycles. The Balaban J connectivity index is 1.74. The highest BCUT2D eigenvalue weighted by atomic mass is 32.1. The molecular weight excluding hydrogens is 980 g/mol. The molecule has 7 N–H and O–H groups in total. The highest BCUT2D eigenvalue weighted by Gasteiger charge is 2.53. The lowest BCUT2D eigenvalue weighted by molar-refractivity contribution is -0.293. The number of ether oxygens (including phenoxy) is 4. The molecule has 4 rings (SSSR count). The van der Waals surface area contributed by atoms with Gasteiger partial charge in [0, 0.05) is 47.7 Å². The molecule has 0 aliphatic carbocycles. The van der Waals surface area contributed by atoms with Gasteiger partial charge in [-0.15, -0.1) is 11.3 Å². The van der Waals surface area contributed by atoms with E-state index in [0.29, 0.717) is 40.5 Å². The predicted molar refractivity (Wildman–Crippen MR) is 278 cm³/mol. The van der Waals surface area contributed by atoms with Gasteiger partial charge in [-0.25, -0.2) is 19.2 Å². The lowest BCUT2D eigenvalue weighted by atomic mass is 9.74. The SMILES string of the molecule is CCC(=O)N=C(C(C)C)C(C)C1CCC(=NOCc2ccc(-c3nc(NC(=O)C(N)CCC(N)=O)cs3)cn2)COC(C)(C)C(OC2OC(C)CC(N(C)C)C2O)C(C)C(=O)C(C)(F)C(=O)OC(CC)C(C)(O)C1. The van der Waals surface area contributed by atoms with Crippen LogP contribution in [0.15, 0.2) is 33.9 Å². The van der Waals surface area contributed by atoms with Crippen LogP contribution in [0, 0.1) is 23.7 Å². The van der Waals surface area contributed by atoms with Crippen molar-refractivity contribution in [2.75, 3.05) is 26.0 Å². The van der Waals surface area contributed by atoms with Gasteiger partial charge in [0.2, 0.25) is 17.7 Å². The van der Waals surface area contributed by atoms with Gasteiger partial charge in [-0.3, -0.25) is 24.2 Å². The van der Waals surface area contributed by atoms with Gasteiger partial charge in [0.25, 0.3) is 5.67 Å². The van der Waals surface area contributed by atoms with E-state index < -0.39 is 94.9 Å². The zero-order chi connectivity index (χ0) is 55.5. The van der Waals surface area contributed by atoms with Crippen molar-refractivity contribution in [1.82, 2.24) is 14.9 Å². The summed E-state index contributed by atoms with van der Waals surface area (Å²) in [6.07, 6.45) is -2.45. The smallest absolute Gasteiger partial charge is 0.351 e. The molecule has 2 aliphatic rings. The molecule has 2 fully saturated rings. The number of likely N-dealkylation sites (N-methyl/N-ethyl adjacent to an activating group) is 1. The van der Waals surface area contributed by atoms with E-state index in [1.54, 1.807) is 51.4 Å². The van der Waals surface area contributed by atoms with Crippen LogP contribution >= 0.6 is 11.3 Å². The third kappa shape index (κ3) is 16.7. The Labute approximate surface area is 438 Å². The number of rotatable bonds is 17. The molecule has 2 aromatic heterocycles. The number of hydrogen-bond donors (Lipinski definition) is 5. The van der Waals surface area contributed by atoms with Crippen LogP contribution in [-0.2, 0) is 54.4 Å². The first-order valence-corrected chi connectivity index (χ1v) is 26.4. The Bertz CT molecular complexity index is 2290. The van der Waals surface area contributed by atoms with Crippen LogP contribution in [0.25, 0.3) is 10.6 Å². The molecule has 22 heteroatoms. The number of nitrogens with one attached hydrogen (secondary N) is 1. The minimum absolute atomic E-state index is 0.0135. The second-order valence-corrected chi connectivity index (χ2v) is 22.0. The average molecular weight is 1060 g/mol. The minimum atomic E-state index is -3.22. The standard InChI is InChI=1S/C52H81FN8O12S/c1-14-38-51(10,68)23-32(30(6)42(28(3)4)59-41(63)15-2)16-19-35(60-70-26-34-18-17-33(24-56-34)47-58-40(27-74-47)57-46(66)36(54)20-21-39(55)62)25-69-50(8,9)45(31(7)44(65)52(11,53)49(67)72-38)73-48-43(64)37(61(12)13)22-29(5)71-48/h17-18,24,27-32,36-38,43,45,48,64,68H,14-16,19-23,25-26,54H2,1-13H3,(H2,55,62)(H,57,66). The number of primary amides is 1. The number of aliphatic imine (C=N–C) groups is 1. The first kappa shape index (κ1) is 61.9. The molecule has 4 heterocycles. The van der Waals surface area contributed by atoms with Gasteiger partial charge in [0.15, 0.2) is 18.7 Å². The number of aromatic nitrogens is 2. The number of hydrogen-bond acceptors (Lipinski definition) is 18. The molecular formula is C52H81FN8O12S. The second kappa shape index (κ2) is 26.9. The minimum Gasteiger partial charge on any atom is -0.457 e. The number of aliphatic hydroxyl groups excluding tert-OH is 1. The van der Waals surface area contributed by atoms with Crippen molar-refractivity contribution >= 4 is 58.1 Å². The Morgan fingerprint density at radius 1 is 1.11 bits per heavy atom. The Morgan fingerprint density at radius 2 is 1.80 bits per heavy atom. The average Bonchev–Trinajstić information content (AvgIpc) is 3.81. The molecule has 20 nitrogen and oxygen atoms in total. The number of alkyl halides is 1. The van der Waals surface area contributed by atoms with Crippen LogP contribution in [-0.4, -0.2) is 146 Å². The Hall–Kier alpha value is -4.68. The predicted octanol–water partition coefficient (Wildman–Crippen LogP) is 5.69. The monoisotopic (exact) mass is 1060 g/mol. The topological polar surface area (TPSA) is 290 Å². The summed E-state index contributed by atoms with van der Waals surface area (Å²) in [5.74, 6) is -6.10. The summed E-state index contributed by atoms with van der Waals surface area (Å²) in [7, 11) is 3.63. The number of ketones is 1. The van der Waals surface area contributed by atoms with Gasteiger partial charge in [0.05, 0.1) is 47.5 Å². The third-order valence-corrected chi connectivity index (χ3v) is 14.8. The van der Waals surface area contributed by atoms with E-state index in [0.717, 1.165) is 6.92 Å². The van der Waals surface area contributed by atoms with E-state index in [1.165, 1.54) is 25.2 Å². The number of anilines is 1. The summed E-state index contributed by atoms with van der Waals surface area (Å²) >= 11 is 1.28. The van der Waals surface area contributed by atoms with Gasteiger partial charge in [-0.1, -0.05) is 46.7 Å². The molecule has 0 radical (unpaired) electrons. The summed E-state index contributed by atoms with van der Waals surface area (Å²) in [6.45, 7) is 17.8. The van der Waals surface area contributed by atoms with E-state index in [9.17, 15) is 34.2 Å². The Morgan fingerprint density at radius 3 is 2.39 bits per heavy atom. The highest BCUT2D eigenvalue weighted by Crippen LogP contribution is 2.38. The molecule has 74 heavy (non-hydrogen) atoms. The maximum absolute atomic E-state index is 17.0. The lowest BCUT2D eigenvalue weighted by Gasteiger charge is -2.45. The number of pyridine rings is 1. The van der Waals surface area contributed by atoms with Crippen molar-refractivity contribution in [2.45, 2.75) is 194 Å². The fourth-order valence-corrected chi connectivity index (χ4v) is 10.2. The molecule has 3 amide bonds. The van der Waals surface area contributed by atoms with Gasteiger partial charge in [-0.2, -0.15) is 0 Å². The molecule has 2 aromatic rings. The zero-order valence-electron chi connectivity index (χ0n) is 45.4. The summed E-state index contributed by atoms with van der Waals surface area (Å²) < 4.78 is 42.0. The maximum Gasteiger partial charge on any atom is 0.351 e. The first-order chi connectivity index (χ1) is 34.5. The normalized spacial score (nSPS) is 30.2. The largest absolute Gasteiger partial charge is 0.457 e. The number of nitrogens with two attached hydrogens (primary N) is 2. The fourth-order valence-electron chi connectivity index (χ4n) is 9.44. The molecule has 12 atom stereocenters. The number of esters is 1. The number of carbonyl (C=O) groups is 5. The quantitative estimate of drug-likeness (QED) is 0.0550. The number of halogens is 1. The fraction of sp³-hybridized carbons (Fsp3) is 0.712. The Kier molecular flexibility index (Phi) is 22.5. The summed E-state index contributed by atoms with van der Waals surface area (Å²) in [4.78, 5) is 86.1. The van der Waals surface area contributed by atoms with Crippen molar-refractivity contribution in [3.8, 4) is 10.6 Å². The van der Waals surface area contributed by atoms with Crippen LogP contribution < -0.4 is 16.8 Å². The summed E-state index contributed by atoms with van der Waals surface area (Å²) in [5.41, 5.74) is 6.83. The number of cyclic esters (lactones) is 1. The van der Waals surface area contributed by atoms with E-state index in [2.05, 4.69) is 25.4 Å². The first-order valence-electron chi connectivity index (χ1n) is 25.5. The highest BCUT2D eigenvalue weighted by molar-refractivity contribution is 7.13. The third-order valence-electron chi connectivity index (χ3n) is 14.0. The van der Waals surface area contributed by atoms with E-state index in [4.69, 9.17) is 35.3 Å². The lowest BCUT2D eigenvalue weighted by Crippen LogP contribution is -2.59. The molecule has 0 aromatic carbocycles. The van der Waals surface area contributed by atoms with Crippen LogP contribution in [0.3, 0.4) is 0 Å². The number of amides is 3. The van der Waals surface area contributed by atoms with Crippen LogP contribution in [0.5, 0.6) is 0 Å². The van der Waals surface area contributed by atoms with Gasteiger partial charge < -0.3 is 55.7 Å². The van der Waals surface area contributed by atoms with Crippen molar-refractivity contribution < 1.29 is 62.4 Å². The van der Waals surface area contributed by atoms with Gasteiger partial charge in [-0.05, 0) is 117 Å². The number of Topliss-reactive ketones (excluding diaryl/α,β-unsaturated/α-hetero) is 1. The van der Waals surface area contributed by atoms with Crippen molar-refractivity contribution in [2.24, 2.45) is 45.3 Å². The summed E-state index contributed by atoms with van der Waals surface area (Å²) in [5, 5.41) is 33.3. The van der Waals surface area contributed by atoms with Gasteiger partial charge >= 0.3 is 5.97 Å². The number of nitrogens with zero attached hydrogens (tertiary/aromatic N) is 5. The van der Waals surface area contributed by atoms with Crippen LogP contribution in [0.2, 0.25) is 0 Å². The molecule has 12 unspecified atom stereocenters. The molecule has 414 valence electrons. The maximum atomic E-state index is 17.0. The van der Waals surface area contributed by atoms with Crippen molar-refractivity contribution in [3.63, 3.8) is 0 Å². The van der Waals surface area contributed by atoms with Crippen molar-refractivity contribution in [3.05, 3.63) is 29.4 Å².